The van der Waals surface area contributed by atoms with Crippen LogP contribution in [0.15, 0.2) is 36.5 Å². The maximum atomic E-state index is 12.5. The number of hydrogen-bond donors (Lipinski definition) is 2. The molecule has 6 heteroatoms. The molecule has 2 aromatic rings. The van der Waals surface area contributed by atoms with E-state index in [1.165, 1.54) is 0 Å². The van der Waals surface area contributed by atoms with Crippen LogP contribution in [0.4, 0.5) is 0 Å². The van der Waals surface area contributed by atoms with Gasteiger partial charge in [0.15, 0.2) is 0 Å². The number of nitrogens with one attached hydrogen (secondary N) is 2. The van der Waals surface area contributed by atoms with Crippen LogP contribution in [0.25, 0.3) is 0 Å². The van der Waals surface area contributed by atoms with E-state index in [0.717, 1.165) is 24.1 Å². The van der Waals surface area contributed by atoms with E-state index in [1.54, 1.807) is 6.20 Å². The minimum Gasteiger partial charge on any atom is -0.350 e. The number of H-pyrrole nitrogens is 1. The zero-order valence-electron chi connectivity index (χ0n) is 15.4. The van der Waals surface area contributed by atoms with Gasteiger partial charge in [-0.05, 0) is 38.2 Å². The maximum Gasteiger partial charge on any atom is 0.257 e. The lowest BCUT2D eigenvalue weighted by Crippen LogP contribution is -2.40. The largest absolute Gasteiger partial charge is 0.350 e. The number of nitrogens with zero attached hydrogens (tertiary/aromatic N) is 2. The second kappa shape index (κ2) is 8.17. The van der Waals surface area contributed by atoms with Crippen LogP contribution >= 0.6 is 0 Å². The van der Waals surface area contributed by atoms with Gasteiger partial charge in [0.25, 0.3) is 5.91 Å². The highest BCUT2D eigenvalue weighted by Gasteiger charge is 2.26. The van der Waals surface area contributed by atoms with Gasteiger partial charge in [0, 0.05) is 25.2 Å². The molecule has 0 bridgehead atoms. The standard InChI is InChI=1S/C20H26N4O2/c1-14(17-6-4-3-5-7-17)22-19(25)12-16-8-10-24(11-9-16)20(26)18-13-21-23-15(18)2/h3-7,13-14,16H,8-12H2,1-2H3,(H,21,23)(H,22,25)/t14-/m1/s1. The molecule has 1 aliphatic rings. The van der Waals surface area contributed by atoms with Crippen molar-refractivity contribution in [2.45, 2.75) is 39.2 Å². The van der Waals surface area contributed by atoms with Crippen LogP contribution in [0, 0.1) is 12.8 Å². The van der Waals surface area contributed by atoms with Crippen molar-refractivity contribution in [1.29, 1.82) is 0 Å². The van der Waals surface area contributed by atoms with Crippen LogP contribution in [0.1, 0.15) is 53.8 Å². The molecule has 1 aromatic heterocycles. The molecule has 3 rings (SSSR count). The first kappa shape index (κ1) is 18.2. The van der Waals surface area contributed by atoms with E-state index in [1.807, 2.05) is 49.1 Å². The molecule has 0 radical (unpaired) electrons. The lowest BCUT2D eigenvalue weighted by Gasteiger charge is -2.32. The summed E-state index contributed by atoms with van der Waals surface area (Å²) < 4.78 is 0. The highest BCUT2D eigenvalue weighted by atomic mass is 16.2. The fraction of sp³-hybridized carbons (Fsp3) is 0.450. The molecule has 1 saturated heterocycles. The number of hydrogen-bond acceptors (Lipinski definition) is 3. The third-order valence-corrected chi connectivity index (χ3v) is 5.11. The molecule has 2 heterocycles. The Morgan fingerprint density at radius 3 is 2.58 bits per heavy atom. The Morgan fingerprint density at radius 2 is 1.96 bits per heavy atom. The highest BCUT2D eigenvalue weighted by Crippen LogP contribution is 2.23. The van der Waals surface area contributed by atoms with Crippen molar-refractivity contribution in [1.82, 2.24) is 20.4 Å². The van der Waals surface area contributed by atoms with Crippen molar-refractivity contribution >= 4 is 11.8 Å². The summed E-state index contributed by atoms with van der Waals surface area (Å²) in [6.45, 7) is 5.23. The second-order valence-corrected chi connectivity index (χ2v) is 7.05. The van der Waals surface area contributed by atoms with Crippen LogP contribution in [-0.4, -0.2) is 40.0 Å². The Hall–Kier alpha value is -2.63. The van der Waals surface area contributed by atoms with E-state index in [-0.39, 0.29) is 17.9 Å². The van der Waals surface area contributed by atoms with Gasteiger partial charge >= 0.3 is 0 Å². The van der Waals surface area contributed by atoms with Crippen molar-refractivity contribution < 1.29 is 9.59 Å². The summed E-state index contributed by atoms with van der Waals surface area (Å²) in [5.74, 6) is 0.432. The number of carbonyl (C=O) groups excluding carboxylic acids is 2. The van der Waals surface area contributed by atoms with Crippen molar-refractivity contribution in [2.75, 3.05) is 13.1 Å². The second-order valence-electron chi connectivity index (χ2n) is 7.05. The summed E-state index contributed by atoms with van der Waals surface area (Å²) in [7, 11) is 0. The number of rotatable bonds is 5. The number of aromatic nitrogens is 2. The maximum absolute atomic E-state index is 12.5. The summed E-state index contributed by atoms with van der Waals surface area (Å²) in [5.41, 5.74) is 2.54. The fourth-order valence-corrected chi connectivity index (χ4v) is 3.46. The van der Waals surface area contributed by atoms with Crippen LogP contribution in [-0.2, 0) is 4.79 Å². The molecule has 1 aromatic carbocycles. The van der Waals surface area contributed by atoms with Crippen molar-refractivity contribution in [3.63, 3.8) is 0 Å². The zero-order chi connectivity index (χ0) is 18.5. The van der Waals surface area contributed by atoms with Crippen LogP contribution < -0.4 is 5.32 Å². The number of amides is 2. The molecule has 0 spiro atoms. The van der Waals surface area contributed by atoms with Gasteiger partial charge in [-0.15, -0.1) is 0 Å². The average Bonchev–Trinajstić information content (AvgIpc) is 3.08. The van der Waals surface area contributed by atoms with E-state index in [0.29, 0.717) is 31.0 Å². The molecule has 1 aliphatic heterocycles. The number of likely N-dealkylation sites (tertiary alicyclic amines) is 1. The summed E-state index contributed by atoms with van der Waals surface area (Å²) in [4.78, 5) is 26.7. The topological polar surface area (TPSA) is 78.1 Å². The first-order valence-corrected chi connectivity index (χ1v) is 9.18. The minimum absolute atomic E-state index is 0.00873. The lowest BCUT2D eigenvalue weighted by atomic mass is 9.92. The summed E-state index contributed by atoms with van der Waals surface area (Å²) in [5, 5.41) is 9.80. The Balaban J connectivity index is 1.46. The number of piperidine rings is 1. The van der Waals surface area contributed by atoms with Gasteiger partial charge in [-0.25, -0.2) is 0 Å². The molecule has 26 heavy (non-hydrogen) atoms. The van der Waals surface area contributed by atoms with Gasteiger partial charge in [0.05, 0.1) is 17.8 Å². The first-order valence-electron chi connectivity index (χ1n) is 9.18. The monoisotopic (exact) mass is 354 g/mol. The van der Waals surface area contributed by atoms with E-state index in [9.17, 15) is 9.59 Å². The zero-order valence-corrected chi connectivity index (χ0v) is 15.4. The fourth-order valence-electron chi connectivity index (χ4n) is 3.46. The molecule has 0 unspecified atom stereocenters. The number of aryl methyl sites for hydroxylation is 1. The number of aromatic amines is 1. The minimum atomic E-state index is 0.00873. The average molecular weight is 354 g/mol. The molecule has 6 nitrogen and oxygen atoms in total. The quantitative estimate of drug-likeness (QED) is 0.867. The van der Waals surface area contributed by atoms with Crippen LogP contribution in [0.2, 0.25) is 0 Å². The molecule has 0 saturated carbocycles. The predicted molar refractivity (Wildman–Crippen MR) is 99.6 cm³/mol. The highest BCUT2D eigenvalue weighted by molar-refractivity contribution is 5.95. The van der Waals surface area contributed by atoms with Crippen LogP contribution in [0.5, 0.6) is 0 Å². The lowest BCUT2D eigenvalue weighted by molar-refractivity contribution is -0.122. The van der Waals surface area contributed by atoms with Gasteiger partial charge in [0.1, 0.15) is 0 Å². The molecule has 0 aliphatic carbocycles. The Morgan fingerprint density at radius 1 is 1.27 bits per heavy atom. The summed E-state index contributed by atoms with van der Waals surface area (Å²) >= 11 is 0. The molecule has 138 valence electrons. The van der Waals surface area contributed by atoms with Gasteiger partial charge in [-0.1, -0.05) is 30.3 Å². The van der Waals surface area contributed by atoms with E-state index in [2.05, 4.69) is 15.5 Å². The predicted octanol–water partition coefficient (Wildman–Crippen LogP) is 2.84. The number of carbonyl (C=O) groups is 2. The van der Waals surface area contributed by atoms with E-state index >= 15 is 0 Å². The first-order chi connectivity index (χ1) is 12.5. The van der Waals surface area contributed by atoms with Crippen molar-refractivity contribution in [3.8, 4) is 0 Å². The molecule has 2 amide bonds. The van der Waals surface area contributed by atoms with E-state index < -0.39 is 0 Å². The third-order valence-electron chi connectivity index (χ3n) is 5.11. The molecule has 1 atom stereocenters. The van der Waals surface area contributed by atoms with Gasteiger partial charge in [-0.2, -0.15) is 5.10 Å². The van der Waals surface area contributed by atoms with Crippen molar-refractivity contribution in [2.24, 2.45) is 5.92 Å². The Kier molecular flexibility index (Phi) is 5.71. The van der Waals surface area contributed by atoms with Gasteiger partial charge < -0.3 is 10.2 Å². The Bertz CT molecular complexity index is 748. The van der Waals surface area contributed by atoms with Gasteiger partial charge in [-0.3, -0.25) is 14.7 Å². The smallest absolute Gasteiger partial charge is 0.257 e. The third kappa shape index (κ3) is 4.31. The molecule has 2 N–H and O–H groups in total. The normalized spacial score (nSPS) is 16.3. The van der Waals surface area contributed by atoms with Gasteiger partial charge in [0.2, 0.25) is 5.91 Å². The summed E-state index contributed by atoms with van der Waals surface area (Å²) in [6.07, 6.45) is 3.82. The molecule has 1 fully saturated rings. The Labute approximate surface area is 154 Å². The van der Waals surface area contributed by atoms with Crippen molar-refractivity contribution in [3.05, 3.63) is 53.3 Å². The molecular formula is C20H26N4O2. The SMILES string of the molecule is Cc1[nH]ncc1C(=O)N1CCC(CC(=O)N[C@H](C)c2ccccc2)CC1. The number of benzene rings is 1. The summed E-state index contributed by atoms with van der Waals surface area (Å²) in [6, 6.07) is 9.98. The van der Waals surface area contributed by atoms with E-state index in [4.69, 9.17) is 0 Å². The van der Waals surface area contributed by atoms with Crippen LogP contribution in [0.3, 0.4) is 0 Å². The molecular weight excluding hydrogens is 328 g/mol.